The molecule has 0 saturated carbocycles. The first-order valence-electron chi connectivity index (χ1n) is 6.23. The number of rotatable bonds is 6. The van der Waals surface area contributed by atoms with Crippen molar-refractivity contribution in [3.8, 4) is 11.5 Å². The Kier molecular flexibility index (Phi) is 5.41. The fraction of sp³-hybridized carbons (Fsp3) is 0.200. The second-order valence-corrected chi connectivity index (χ2v) is 5.88. The van der Waals surface area contributed by atoms with E-state index in [1.807, 2.05) is 0 Å². The first-order valence-corrected chi connectivity index (χ1v) is 7.42. The largest absolute Gasteiger partial charge is 0.497 e. The molecule has 116 valence electrons. The molecule has 0 amide bonds. The number of halogens is 1. The number of thiophene rings is 1. The van der Waals surface area contributed by atoms with Crippen molar-refractivity contribution in [1.29, 1.82) is 0 Å². The predicted molar refractivity (Wildman–Crippen MR) is 83.5 cm³/mol. The van der Waals surface area contributed by atoms with Crippen LogP contribution in [0, 0.1) is 0 Å². The van der Waals surface area contributed by atoms with Gasteiger partial charge < -0.3 is 14.2 Å². The van der Waals surface area contributed by atoms with E-state index >= 15 is 0 Å². The van der Waals surface area contributed by atoms with Gasteiger partial charge in [-0.05, 0) is 24.3 Å². The lowest BCUT2D eigenvalue weighted by Gasteiger charge is -2.09. The molecule has 2 rings (SSSR count). The quantitative estimate of drug-likeness (QED) is 0.595. The van der Waals surface area contributed by atoms with Crippen molar-refractivity contribution in [2.75, 3.05) is 20.8 Å². The molecular weight excluding hydrogens is 328 g/mol. The molecule has 0 radical (unpaired) electrons. The zero-order chi connectivity index (χ0) is 16.1. The molecule has 5 nitrogen and oxygen atoms in total. The third kappa shape index (κ3) is 3.78. The molecule has 0 atom stereocenters. The van der Waals surface area contributed by atoms with E-state index in [9.17, 15) is 9.59 Å². The zero-order valence-electron chi connectivity index (χ0n) is 11.9. The van der Waals surface area contributed by atoms with Crippen LogP contribution in [-0.2, 0) is 4.74 Å². The Morgan fingerprint density at radius 1 is 1.14 bits per heavy atom. The maximum atomic E-state index is 12.1. The van der Waals surface area contributed by atoms with Crippen molar-refractivity contribution in [2.45, 2.75) is 0 Å². The molecule has 0 N–H and O–H groups in total. The van der Waals surface area contributed by atoms with Crippen LogP contribution in [0.15, 0.2) is 30.3 Å². The number of hydrogen-bond acceptors (Lipinski definition) is 6. The number of methoxy groups -OCH3 is 2. The van der Waals surface area contributed by atoms with Gasteiger partial charge in [-0.25, -0.2) is 4.79 Å². The zero-order valence-corrected chi connectivity index (χ0v) is 13.5. The van der Waals surface area contributed by atoms with Gasteiger partial charge in [0.25, 0.3) is 0 Å². The summed E-state index contributed by atoms with van der Waals surface area (Å²) in [7, 11) is 2.97. The summed E-state index contributed by atoms with van der Waals surface area (Å²) in [6, 6.07) is 7.94. The summed E-state index contributed by atoms with van der Waals surface area (Å²) < 4.78 is 15.7. The van der Waals surface area contributed by atoms with Gasteiger partial charge in [-0.1, -0.05) is 11.6 Å². The van der Waals surface area contributed by atoms with E-state index in [0.717, 1.165) is 11.3 Å². The van der Waals surface area contributed by atoms with E-state index in [2.05, 4.69) is 0 Å². The standard InChI is InChI=1S/C15H13ClO5S/c1-19-9-3-4-10(12(7-9)20-2)11(17)8-21-15(18)13-5-6-14(16)22-13/h3-7H,8H2,1-2H3. The van der Waals surface area contributed by atoms with E-state index in [4.69, 9.17) is 25.8 Å². The summed E-state index contributed by atoms with van der Waals surface area (Å²) in [5, 5.41) is 0. The van der Waals surface area contributed by atoms with Crippen molar-refractivity contribution in [2.24, 2.45) is 0 Å². The number of Topliss-reactive ketones (excluding diaryl/α,β-unsaturated/α-hetero) is 1. The molecule has 0 spiro atoms. The summed E-state index contributed by atoms with van der Waals surface area (Å²) in [5.41, 5.74) is 0.320. The molecule has 7 heteroatoms. The van der Waals surface area contributed by atoms with Crippen LogP contribution in [0.5, 0.6) is 11.5 Å². The Morgan fingerprint density at radius 2 is 1.91 bits per heavy atom. The fourth-order valence-corrected chi connectivity index (χ4v) is 2.67. The van der Waals surface area contributed by atoms with Gasteiger partial charge in [0.1, 0.15) is 16.4 Å². The Balaban J connectivity index is 2.04. The first-order chi connectivity index (χ1) is 10.5. The lowest BCUT2D eigenvalue weighted by Crippen LogP contribution is -2.14. The normalized spacial score (nSPS) is 10.1. The molecule has 1 aromatic carbocycles. The van der Waals surface area contributed by atoms with Crippen molar-refractivity contribution >= 4 is 34.7 Å². The smallest absolute Gasteiger partial charge is 0.348 e. The average molecular weight is 341 g/mol. The van der Waals surface area contributed by atoms with Gasteiger partial charge in [0.15, 0.2) is 6.61 Å². The van der Waals surface area contributed by atoms with Crippen LogP contribution in [0.3, 0.4) is 0 Å². The third-order valence-corrected chi connectivity index (χ3v) is 4.03. The van der Waals surface area contributed by atoms with E-state index in [1.165, 1.54) is 14.2 Å². The highest BCUT2D eigenvalue weighted by molar-refractivity contribution is 7.17. The first kappa shape index (κ1) is 16.3. The molecule has 0 unspecified atom stereocenters. The minimum Gasteiger partial charge on any atom is -0.497 e. The minimum atomic E-state index is -0.585. The molecule has 1 heterocycles. The fourth-order valence-electron chi connectivity index (χ4n) is 1.73. The van der Waals surface area contributed by atoms with Crippen molar-refractivity contribution < 1.29 is 23.8 Å². The van der Waals surface area contributed by atoms with E-state index in [-0.39, 0.29) is 12.4 Å². The average Bonchev–Trinajstić information content (AvgIpc) is 2.98. The topological polar surface area (TPSA) is 61.8 Å². The Morgan fingerprint density at radius 3 is 2.50 bits per heavy atom. The summed E-state index contributed by atoms with van der Waals surface area (Å²) in [6.07, 6.45) is 0. The van der Waals surface area contributed by atoms with Gasteiger partial charge in [-0.2, -0.15) is 0 Å². The Hall–Kier alpha value is -2.05. The Bertz CT molecular complexity index is 695. The van der Waals surface area contributed by atoms with Crippen LogP contribution in [-0.4, -0.2) is 32.6 Å². The number of benzene rings is 1. The molecule has 2 aromatic rings. The molecule has 0 aliphatic rings. The highest BCUT2D eigenvalue weighted by Crippen LogP contribution is 2.25. The summed E-state index contributed by atoms with van der Waals surface area (Å²) in [5.74, 6) is -0.0218. The van der Waals surface area contributed by atoms with E-state index in [0.29, 0.717) is 26.3 Å². The molecular formula is C15H13ClO5S. The molecule has 0 aliphatic heterocycles. The van der Waals surface area contributed by atoms with Crippen molar-refractivity contribution in [3.05, 3.63) is 45.1 Å². The van der Waals surface area contributed by atoms with Gasteiger partial charge in [-0.15, -0.1) is 11.3 Å². The van der Waals surface area contributed by atoms with Crippen LogP contribution in [0.2, 0.25) is 4.34 Å². The molecule has 0 aliphatic carbocycles. The lowest BCUT2D eigenvalue weighted by atomic mass is 10.1. The van der Waals surface area contributed by atoms with Crippen molar-refractivity contribution in [3.63, 3.8) is 0 Å². The van der Waals surface area contributed by atoms with Crippen LogP contribution in [0.25, 0.3) is 0 Å². The van der Waals surface area contributed by atoms with Crippen LogP contribution >= 0.6 is 22.9 Å². The predicted octanol–water partition coefficient (Wildman–Crippen LogP) is 3.46. The second kappa shape index (κ2) is 7.29. The number of ketones is 1. The molecule has 22 heavy (non-hydrogen) atoms. The molecule has 0 bridgehead atoms. The SMILES string of the molecule is COc1ccc(C(=O)COC(=O)c2ccc(Cl)s2)c(OC)c1. The van der Waals surface area contributed by atoms with E-state index in [1.54, 1.807) is 30.3 Å². The monoisotopic (exact) mass is 340 g/mol. The molecule has 1 aromatic heterocycles. The number of carbonyl (C=O) groups excluding carboxylic acids is 2. The van der Waals surface area contributed by atoms with Gasteiger partial charge in [0, 0.05) is 6.07 Å². The summed E-state index contributed by atoms with van der Waals surface area (Å²) >= 11 is 6.84. The molecule has 0 saturated heterocycles. The van der Waals surface area contributed by atoms with Gasteiger partial charge in [-0.3, -0.25) is 4.79 Å². The highest BCUT2D eigenvalue weighted by atomic mass is 35.5. The number of hydrogen-bond donors (Lipinski definition) is 0. The highest BCUT2D eigenvalue weighted by Gasteiger charge is 2.17. The van der Waals surface area contributed by atoms with Crippen LogP contribution in [0.4, 0.5) is 0 Å². The summed E-state index contributed by atoms with van der Waals surface area (Å²) in [4.78, 5) is 24.3. The third-order valence-electron chi connectivity index (χ3n) is 2.82. The van der Waals surface area contributed by atoms with Crippen molar-refractivity contribution in [1.82, 2.24) is 0 Å². The molecule has 0 fully saturated rings. The second-order valence-electron chi connectivity index (χ2n) is 4.17. The minimum absolute atomic E-state index is 0.320. The van der Waals surface area contributed by atoms with Gasteiger partial charge in [0.05, 0.1) is 24.1 Å². The van der Waals surface area contributed by atoms with Crippen LogP contribution in [0.1, 0.15) is 20.0 Å². The maximum absolute atomic E-state index is 12.1. The van der Waals surface area contributed by atoms with E-state index < -0.39 is 5.97 Å². The maximum Gasteiger partial charge on any atom is 0.348 e. The number of ether oxygens (including phenoxy) is 3. The lowest BCUT2D eigenvalue weighted by molar-refractivity contribution is 0.0478. The number of carbonyl (C=O) groups is 2. The van der Waals surface area contributed by atoms with Crippen LogP contribution < -0.4 is 9.47 Å². The van der Waals surface area contributed by atoms with Gasteiger partial charge in [0.2, 0.25) is 5.78 Å². The number of esters is 1. The van der Waals surface area contributed by atoms with Gasteiger partial charge >= 0.3 is 5.97 Å². The Labute approximate surface area is 136 Å². The summed E-state index contributed by atoms with van der Waals surface area (Å²) in [6.45, 7) is -0.378.